The summed E-state index contributed by atoms with van der Waals surface area (Å²) in [5.74, 6) is 0. The van der Waals surface area contributed by atoms with Gasteiger partial charge < -0.3 is 4.90 Å². The molecule has 1 aromatic rings. The summed E-state index contributed by atoms with van der Waals surface area (Å²) in [4.78, 5) is 2.21. The van der Waals surface area contributed by atoms with Gasteiger partial charge >= 0.3 is 10.1 Å². The van der Waals surface area contributed by atoms with E-state index in [1.54, 1.807) is 12.1 Å². The highest BCUT2D eigenvalue weighted by Gasteiger charge is 2.09. The second-order valence-corrected chi connectivity index (χ2v) is 8.21. The minimum absolute atomic E-state index is 0.178. The highest BCUT2D eigenvalue weighted by Crippen LogP contribution is 2.09. The third-order valence-electron chi connectivity index (χ3n) is 2.89. The van der Waals surface area contributed by atoms with E-state index in [9.17, 15) is 21.4 Å². The lowest BCUT2D eigenvalue weighted by Gasteiger charge is -2.20. The molecule has 1 radical (unpaired) electrons. The Kier molecular flexibility index (Phi) is 9.55. The lowest BCUT2D eigenvalue weighted by atomic mass is 10.1. The van der Waals surface area contributed by atoms with Crippen LogP contribution >= 0.6 is 0 Å². The molecular formula is C14H24NO6S2. The van der Waals surface area contributed by atoms with Gasteiger partial charge in [-0.15, -0.1) is 0 Å². The monoisotopic (exact) mass is 366 g/mol. The Labute approximate surface area is 138 Å². The smallest absolute Gasteiger partial charge is 0.306 e. The maximum absolute atomic E-state index is 10.4. The van der Waals surface area contributed by atoms with Crippen LogP contribution in [0.1, 0.15) is 24.8 Å². The number of aryl methyl sites for hydroxylation is 1. The first kappa shape index (κ1) is 22.0. The fraction of sp³-hybridized carbons (Fsp3) is 0.571. The molecule has 0 spiro atoms. The van der Waals surface area contributed by atoms with E-state index in [-0.39, 0.29) is 4.90 Å². The van der Waals surface area contributed by atoms with Crippen LogP contribution < -0.4 is 0 Å². The Morgan fingerprint density at radius 1 is 0.957 bits per heavy atom. The average molecular weight is 366 g/mol. The molecule has 0 aliphatic carbocycles. The Morgan fingerprint density at radius 3 is 1.61 bits per heavy atom. The fourth-order valence-electron chi connectivity index (χ4n) is 1.76. The molecule has 0 unspecified atom stereocenters. The predicted molar refractivity (Wildman–Crippen MR) is 87.9 cm³/mol. The van der Waals surface area contributed by atoms with E-state index in [1.807, 2.05) is 6.92 Å². The van der Waals surface area contributed by atoms with Gasteiger partial charge in [-0.05, 0) is 52.0 Å². The SMILES string of the molecule is CN1CCCCC1.CS(=O)(=O)O.Cc1ccc(S([O])(=O)=O)cc1. The summed E-state index contributed by atoms with van der Waals surface area (Å²) in [6, 6.07) is 5.78. The van der Waals surface area contributed by atoms with E-state index in [1.165, 1.54) is 44.5 Å². The van der Waals surface area contributed by atoms with Crippen LogP contribution in [0.3, 0.4) is 0 Å². The van der Waals surface area contributed by atoms with Gasteiger partial charge in [0, 0.05) is 0 Å². The standard InChI is InChI=1S/C7H7O3S.C6H13N.CH4O3S/c1-6-2-4-7(5-3-6)11(8,9)10;1-7-5-3-2-4-6-7;1-5(2,3)4/h2-5H,1H3;2-6H2,1H3;1H3,(H,2,3,4). The molecule has 7 nitrogen and oxygen atoms in total. The molecule has 1 fully saturated rings. The second kappa shape index (κ2) is 9.99. The van der Waals surface area contributed by atoms with Crippen LogP contribution in [0.15, 0.2) is 29.2 Å². The first-order valence-electron chi connectivity index (χ1n) is 7.03. The van der Waals surface area contributed by atoms with Crippen LogP contribution in [-0.2, 0) is 24.8 Å². The predicted octanol–water partition coefficient (Wildman–Crippen LogP) is 1.72. The van der Waals surface area contributed by atoms with Crippen molar-refractivity contribution in [2.45, 2.75) is 31.1 Å². The molecule has 0 saturated carbocycles. The summed E-state index contributed by atoms with van der Waals surface area (Å²) in [5.41, 5.74) is 0.928. The Morgan fingerprint density at radius 2 is 1.35 bits per heavy atom. The van der Waals surface area contributed by atoms with Crippen LogP contribution in [0, 0.1) is 6.92 Å². The number of hydrogen-bond donors (Lipinski definition) is 1. The molecule has 1 aliphatic heterocycles. The van der Waals surface area contributed by atoms with Gasteiger partial charge in [0.1, 0.15) is 0 Å². The molecule has 0 bridgehead atoms. The lowest BCUT2D eigenvalue weighted by Crippen LogP contribution is -2.24. The van der Waals surface area contributed by atoms with Crippen molar-refractivity contribution in [2.24, 2.45) is 0 Å². The molecule has 1 aromatic carbocycles. The topological polar surface area (TPSA) is 112 Å². The van der Waals surface area contributed by atoms with Crippen LogP contribution in [0.25, 0.3) is 0 Å². The molecular weight excluding hydrogens is 342 g/mol. The summed E-state index contributed by atoms with van der Waals surface area (Å²) in [5, 5.41) is 0. The third-order valence-corrected chi connectivity index (χ3v) is 3.74. The number of hydrogen-bond acceptors (Lipinski definition) is 5. The molecule has 9 heteroatoms. The van der Waals surface area contributed by atoms with Crippen LogP contribution in [0.5, 0.6) is 0 Å². The zero-order valence-electron chi connectivity index (χ0n) is 13.6. The van der Waals surface area contributed by atoms with Gasteiger partial charge in [-0.3, -0.25) is 4.55 Å². The van der Waals surface area contributed by atoms with Gasteiger partial charge in [-0.2, -0.15) is 16.8 Å². The summed E-state index contributed by atoms with van der Waals surface area (Å²) in [6.45, 7) is 4.46. The van der Waals surface area contributed by atoms with Crippen LogP contribution in [0.2, 0.25) is 0 Å². The number of rotatable bonds is 1. The molecule has 1 heterocycles. The number of nitrogens with zero attached hydrogens (tertiary/aromatic N) is 1. The van der Waals surface area contributed by atoms with Crippen molar-refractivity contribution < 1.29 is 25.9 Å². The Balaban J connectivity index is 0.000000347. The zero-order valence-corrected chi connectivity index (χ0v) is 15.2. The third kappa shape index (κ3) is 14.3. The Hall–Kier alpha value is -1.00. The highest BCUT2D eigenvalue weighted by atomic mass is 32.2. The van der Waals surface area contributed by atoms with E-state index >= 15 is 0 Å². The molecule has 1 N–H and O–H groups in total. The molecule has 0 atom stereocenters. The number of piperidine rings is 1. The normalized spacial score (nSPS) is 15.7. The van der Waals surface area contributed by atoms with Crippen molar-refractivity contribution in [3.63, 3.8) is 0 Å². The maximum Gasteiger partial charge on any atom is 0.324 e. The molecule has 0 aromatic heterocycles. The molecule has 2 rings (SSSR count). The van der Waals surface area contributed by atoms with Gasteiger partial charge in [0.15, 0.2) is 0 Å². The van der Waals surface area contributed by atoms with Crippen molar-refractivity contribution in [2.75, 3.05) is 26.4 Å². The molecule has 0 amide bonds. The highest BCUT2D eigenvalue weighted by molar-refractivity contribution is 7.85. The van der Waals surface area contributed by atoms with Gasteiger partial charge in [0.2, 0.25) is 0 Å². The molecule has 23 heavy (non-hydrogen) atoms. The summed E-state index contributed by atoms with van der Waals surface area (Å²) < 4.78 is 57.0. The van der Waals surface area contributed by atoms with Gasteiger partial charge in [-0.25, -0.2) is 0 Å². The van der Waals surface area contributed by atoms with Gasteiger partial charge in [0.25, 0.3) is 10.1 Å². The maximum atomic E-state index is 10.4. The quantitative estimate of drug-likeness (QED) is 0.758. The zero-order chi connectivity index (χ0) is 18.1. The van der Waals surface area contributed by atoms with E-state index in [0.717, 1.165) is 5.56 Å². The minimum Gasteiger partial charge on any atom is -0.306 e. The average Bonchev–Trinajstić information content (AvgIpc) is 2.38. The number of likely N-dealkylation sites (tertiary alicyclic amines) is 1. The van der Waals surface area contributed by atoms with E-state index in [0.29, 0.717) is 6.26 Å². The summed E-state index contributed by atoms with van der Waals surface area (Å²) in [7, 11) is -5.74. The lowest BCUT2D eigenvalue weighted by molar-refractivity contribution is 0.277. The first-order valence-corrected chi connectivity index (χ1v) is 10.3. The van der Waals surface area contributed by atoms with Crippen molar-refractivity contribution in [1.29, 1.82) is 0 Å². The van der Waals surface area contributed by atoms with E-state index < -0.39 is 20.2 Å². The van der Waals surface area contributed by atoms with Crippen LogP contribution in [0.4, 0.5) is 0 Å². The summed E-state index contributed by atoms with van der Waals surface area (Å²) >= 11 is 0. The molecule has 1 saturated heterocycles. The van der Waals surface area contributed by atoms with Gasteiger partial charge in [-0.1, -0.05) is 28.7 Å². The van der Waals surface area contributed by atoms with Crippen molar-refractivity contribution in [3.05, 3.63) is 29.8 Å². The number of benzene rings is 1. The fourth-order valence-corrected chi connectivity index (χ4v) is 2.23. The largest absolute Gasteiger partial charge is 0.324 e. The van der Waals surface area contributed by atoms with Crippen molar-refractivity contribution in [3.8, 4) is 0 Å². The van der Waals surface area contributed by atoms with Crippen molar-refractivity contribution >= 4 is 20.2 Å². The van der Waals surface area contributed by atoms with Crippen molar-refractivity contribution in [1.82, 2.24) is 4.90 Å². The van der Waals surface area contributed by atoms with E-state index in [2.05, 4.69) is 11.9 Å². The summed E-state index contributed by atoms with van der Waals surface area (Å²) in [6.07, 6.45) is 4.99. The molecule has 133 valence electrons. The molecule has 1 aliphatic rings. The second-order valence-electron chi connectivity index (χ2n) is 5.36. The first-order chi connectivity index (χ1) is 10.4. The minimum atomic E-state index is -4.27. The van der Waals surface area contributed by atoms with Gasteiger partial charge in [0.05, 0.1) is 11.2 Å². The Bertz CT molecular complexity index is 639. The van der Waals surface area contributed by atoms with Crippen LogP contribution in [-0.4, -0.2) is 52.7 Å². The van der Waals surface area contributed by atoms with E-state index in [4.69, 9.17) is 4.55 Å².